The zero-order chi connectivity index (χ0) is 27.7. The van der Waals surface area contributed by atoms with Gasteiger partial charge in [0.1, 0.15) is 28.3 Å². The van der Waals surface area contributed by atoms with Crippen molar-refractivity contribution in [3.05, 3.63) is 60.2 Å². The van der Waals surface area contributed by atoms with Crippen LogP contribution >= 0.6 is 0 Å². The standard InChI is InChI=1S/C30H37NO7/c1-17-10-9-13-20-25(34)29(5)28(4,38-29)23-21(16-19-11-7-6-8-12-19)31-26(35)30(20,23)22(37-18(2)32)14-15-27(3,36)24(17)33/h6-9,11-15,17,20-23,25,34,36H,10,16H2,1-5H3,(H,31,35)/b13-9+,15-14+/t17-,20-,21-,22?,23+,25-,27+,28+,29-,30+/m0/s1. The molecule has 5 rings (SSSR count). The van der Waals surface area contributed by atoms with Crippen molar-refractivity contribution in [2.75, 3.05) is 0 Å². The number of carbonyl (C=O) groups excluding carboxylic acids is 3. The molecule has 0 radical (unpaired) electrons. The number of rotatable bonds is 3. The molecule has 8 nitrogen and oxygen atoms in total. The maximum Gasteiger partial charge on any atom is 0.303 e. The van der Waals surface area contributed by atoms with Gasteiger partial charge in [0.25, 0.3) is 0 Å². The topological polar surface area (TPSA) is 125 Å². The van der Waals surface area contributed by atoms with Gasteiger partial charge >= 0.3 is 5.97 Å². The maximum atomic E-state index is 14.3. The number of Topliss-reactive ketones (excluding diaryl/α,β-unsaturated/α-hetero) is 1. The van der Waals surface area contributed by atoms with E-state index in [4.69, 9.17) is 9.47 Å². The lowest BCUT2D eigenvalue weighted by molar-refractivity contribution is -0.168. The Morgan fingerprint density at radius 3 is 2.47 bits per heavy atom. The van der Waals surface area contributed by atoms with Crippen molar-refractivity contribution in [1.29, 1.82) is 0 Å². The largest absolute Gasteiger partial charge is 0.457 e. The van der Waals surface area contributed by atoms with Crippen LogP contribution in [-0.2, 0) is 30.3 Å². The van der Waals surface area contributed by atoms with Crippen molar-refractivity contribution >= 4 is 17.7 Å². The fourth-order valence-electron chi connectivity index (χ4n) is 7.46. The van der Waals surface area contributed by atoms with Crippen molar-refractivity contribution in [3.63, 3.8) is 0 Å². The van der Waals surface area contributed by atoms with Gasteiger partial charge in [0.05, 0.1) is 6.10 Å². The molecule has 4 aliphatic rings. The van der Waals surface area contributed by atoms with Gasteiger partial charge in [-0.3, -0.25) is 14.4 Å². The van der Waals surface area contributed by atoms with Crippen LogP contribution in [0, 0.1) is 23.2 Å². The summed E-state index contributed by atoms with van der Waals surface area (Å²) in [6.45, 7) is 8.14. The summed E-state index contributed by atoms with van der Waals surface area (Å²) < 4.78 is 12.2. The molecule has 8 heteroatoms. The second-order valence-electron chi connectivity index (χ2n) is 11.9. The summed E-state index contributed by atoms with van der Waals surface area (Å²) in [7, 11) is 0. The first kappa shape index (κ1) is 26.8. The molecular formula is C30H37NO7. The molecule has 2 aliphatic heterocycles. The Kier molecular flexibility index (Phi) is 6.25. The molecule has 2 aliphatic carbocycles. The summed E-state index contributed by atoms with van der Waals surface area (Å²) in [5.74, 6) is -3.15. The smallest absolute Gasteiger partial charge is 0.303 e. The average Bonchev–Trinajstić information content (AvgIpc) is 3.32. The molecule has 2 saturated heterocycles. The predicted octanol–water partition coefficient (Wildman–Crippen LogP) is 2.27. The molecule has 38 heavy (non-hydrogen) atoms. The van der Waals surface area contributed by atoms with Crippen LogP contribution in [0.2, 0.25) is 0 Å². The zero-order valence-electron chi connectivity index (χ0n) is 22.5. The van der Waals surface area contributed by atoms with Crippen LogP contribution in [0.15, 0.2) is 54.6 Å². The number of fused-ring (bicyclic) bond motifs is 2. The Hall–Kier alpha value is -2.81. The number of amides is 1. The Labute approximate surface area is 223 Å². The monoisotopic (exact) mass is 523 g/mol. The number of hydrogen-bond acceptors (Lipinski definition) is 7. The van der Waals surface area contributed by atoms with E-state index in [1.54, 1.807) is 19.1 Å². The van der Waals surface area contributed by atoms with Crippen LogP contribution in [0.3, 0.4) is 0 Å². The highest BCUT2D eigenvalue weighted by Gasteiger charge is 2.85. The van der Waals surface area contributed by atoms with Gasteiger partial charge in [-0.15, -0.1) is 0 Å². The lowest BCUT2D eigenvalue weighted by atomic mass is 9.50. The highest BCUT2D eigenvalue weighted by Crippen LogP contribution is 2.70. The number of ether oxygens (including phenoxy) is 2. The van der Waals surface area contributed by atoms with Gasteiger partial charge in [-0.05, 0) is 51.3 Å². The SMILES string of the molecule is CC(=O)OC1/C=C/[C@@](C)(O)C(=O)[C@@H](C)C/C=C/[C@H]2[C@H](O)[C@]3(C)O[C@]3(C)[C@H]3[C@H](Cc4ccccc4)NC(=O)[C@@]123. The van der Waals surface area contributed by atoms with Gasteiger partial charge in [-0.2, -0.15) is 0 Å². The van der Waals surface area contributed by atoms with Crippen LogP contribution in [0.4, 0.5) is 0 Å². The lowest BCUT2D eigenvalue weighted by Gasteiger charge is -2.51. The van der Waals surface area contributed by atoms with Crippen LogP contribution in [0.1, 0.15) is 46.6 Å². The van der Waals surface area contributed by atoms with Crippen molar-refractivity contribution < 1.29 is 34.1 Å². The first-order chi connectivity index (χ1) is 17.8. The molecule has 0 bridgehead atoms. The Bertz CT molecular complexity index is 1210. The predicted molar refractivity (Wildman–Crippen MR) is 139 cm³/mol. The number of allylic oxidation sites excluding steroid dienone is 1. The molecule has 1 spiro atoms. The molecule has 1 aromatic carbocycles. The van der Waals surface area contributed by atoms with E-state index in [0.29, 0.717) is 12.8 Å². The van der Waals surface area contributed by atoms with Gasteiger partial charge in [0, 0.05) is 30.7 Å². The highest BCUT2D eigenvalue weighted by atomic mass is 16.6. The van der Waals surface area contributed by atoms with Crippen molar-refractivity contribution in [1.82, 2.24) is 5.32 Å². The summed E-state index contributed by atoms with van der Waals surface area (Å²) >= 11 is 0. The van der Waals surface area contributed by atoms with Crippen LogP contribution in [-0.4, -0.2) is 62.9 Å². The van der Waals surface area contributed by atoms with Crippen molar-refractivity contribution in [2.24, 2.45) is 23.2 Å². The first-order valence-corrected chi connectivity index (χ1v) is 13.3. The van der Waals surface area contributed by atoms with E-state index in [1.165, 1.54) is 26.0 Å². The summed E-state index contributed by atoms with van der Waals surface area (Å²) in [5.41, 5.74) is -4.08. The van der Waals surface area contributed by atoms with Gasteiger partial charge in [-0.25, -0.2) is 0 Å². The Balaban J connectivity index is 1.73. The fraction of sp³-hybridized carbons (Fsp3) is 0.567. The fourth-order valence-corrected chi connectivity index (χ4v) is 7.46. The number of epoxide rings is 1. The van der Waals surface area contributed by atoms with Gasteiger partial charge in [0.15, 0.2) is 5.78 Å². The van der Waals surface area contributed by atoms with E-state index >= 15 is 0 Å². The normalized spacial score (nSPS) is 47.4. The Morgan fingerprint density at radius 1 is 1.13 bits per heavy atom. The third kappa shape index (κ3) is 3.72. The second-order valence-corrected chi connectivity index (χ2v) is 11.9. The number of benzene rings is 1. The van der Waals surface area contributed by atoms with E-state index < -0.39 is 58.1 Å². The van der Waals surface area contributed by atoms with E-state index in [1.807, 2.05) is 44.2 Å². The van der Waals surface area contributed by atoms with E-state index in [0.717, 1.165) is 5.56 Å². The lowest BCUT2D eigenvalue weighted by Crippen LogP contribution is -2.65. The molecule has 3 fully saturated rings. The number of ketones is 1. The molecule has 1 amide bonds. The molecule has 1 saturated carbocycles. The van der Waals surface area contributed by atoms with Crippen LogP contribution < -0.4 is 5.32 Å². The number of hydrogen-bond donors (Lipinski definition) is 3. The van der Waals surface area contributed by atoms with E-state index in [2.05, 4.69) is 5.32 Å². The number of aliphatic hydroxyl groups excluding tert-OH is 1. The summed E-state index contributed by atoms with van der Waals surface area (Å²) in [6.07, 6.45) is 4.92. The summed E-state index contributed by atoms with van der Waals surface area (Å²) in [6, 6.07) is 9.42. The third-order valence-electron chi connectivity index (χ3n) is 9.48. The van der Waals surface area contributed by atoms with Gasteiger partial charge < -0.3 is 25.0 Å². The molecule has 10 atom stereocenters. The number of esters is 1. The van der Waals surface area contributed by atoms with E-state index in [-0.39, 0.29) is 17.7 Å². The average molecular weight is 524 g/mol. The minimum Gasteiger partial charge on any atom is -0.457 e. The molecule has 0 aromatic heterocycles. The molecule has 204 valence electrons. The summed E-state index contributed by atoms with van der Waals surface area (Å²) in [5, 5.41) is 26.0. The zero-order valence-corrected chi connectivity index (χ0v) is 22.5. The number of carbonyl (C=O) groups is 3. The van der Waals surface area contributed by atoms with Crippen LogP contribution in [0.25, 0.3) is 0 Å². The molecule has 1 aromatic rings. The summed E-state index contributed by atoms with van der Waals surface area (Å²) in [4.78, 5) is 39.7. The highest BCUT2D eigenvalue weighted by molar-refractivity contribution is 5.91. The van der Waals surface area contributed by atoms with Crippen molar-refractivity contribution in [2.45, 2.75) is 82.5 Å². The molecular weight excluding hydrogens is 486 g/mol. The van der Waals surface area contributed by atoms with E-state index in [9.17, 15) is 24.6 Å². The van der Waals surface area contributed by atoms with Crippen LogP contribution in [0.5, 0.6) is 0 Å². The Morgan fingerprint density at radius 2 is 1.82 bits per heavy atom. The quantitative estimate of drug-likeness (QED) is 0.315. The second kappa shape index (κ2) is 8.86. The molecule has 1 unspecified atom stereocenters. The number of aliphatic hydroxyl groups is 2. The maximum absolute atomic E-state index is 14.3. The van der Waals surface area contributed by atoms with Crippen molar-refractivity contribution in [3.8, 4) is 0 Å². The first-order valence-electron chi connectivity index (χ1n) is 13.3. The molecule has 2 heterocycles. The van der Waals surface area contributed by atoms with Gasteiger partial charge in [-0.1, -0.05) is 49.4 Å². The third-order valence-corrected chi connectivity index (χ3v) is 9.48. The minimum atomic E-state index is -1.84. The van der Waals surface area contributed by atoms with Gasteiger partial charge in [0.2, 0.25) is 5.91 Å². The molecule has 3 N–H and O–H groups in total. The minimum absolute atomic E-state index is 0.314. The number of nitrogens with one attached hydrogen (secondary N) is 1.